The lowest BCUT2D eigenvalue weighted by Crippen LogP contribution is -2.47. The Hall–Kier alpha value is -3.53. The molecule has 5 amide bonds. The third-order valence-corrected chi connectivity index (χ3v) is 5.90. The van der Waals surface area contributed by atoms with Gasteiger partial charge >= 0.3 is 0 Å². The quantitative estimate of drug-likeness (QED) is 0.322. The second-order valence-electron chi connectivity index (χ2n) is 8.34. The van der Waals surface area contributed by atoms with Crippen LogP contribution in [0.1, 0.15) is 44.1 Å². The molecule has 2 aliphatic heterocycles. The number of benzene rings is 1. The number of carbonyl (C=O) groups is 5. The Morgan fingerprint density at radius 2 is 1.71 bits per heavy atom. The fourth-order valence-corrected chi connectivity index (χ4v) is 4.00. The molecular weight excluding hydrogens is 440 g/mol. The van der Waals surface area contributed by atoms with E-state index in [2.05, 4.69) is 10.6 Å². The maximum Gasteiger partial charge on any atom is 0.253 e. The van der Waals surface area contributed by atoms with E-state index in [1.165, 1.54) is 22.0 Å². The Morgan fingerprint density at radius 1 is 1.00 bits per heavy atom. The number of imide groups is 1. The Morgan fingerprint density at radius 3 is 2.38 bits per heavy atom. The molecule has 34 heavy (non-hydrogen) atoms. The van der Waals surface area contributed by atoms with Crippen LogP contribution in [0.3, 0.4) is 0 Å². The van der Waals surface area contributed by atoms with Crippen LogP contribution in [0, 0.1) is 0 Å². The van der Waals surface area contributed by atoms with E-state index in [1.807, 2.05) is 0 Å². The largest absolute Gasteiger partial charge is 0.392 e. The summed E-state index contributed by atoms with van der Waals surface area (Å²) < 4.78 is 0. The molecule has 10 heteroatoms. The number of likely N-dealkylation sites (tertiary alicyclic amines) is 1. The Kier molecular flexibility index (Phi) is 8.92. The maximum atomic E-state index is 12.7. The van der Waals surface area contributed by atoms with Gasteiger partial charge in [-0.3, -0.25) is 28.9 Å². The number of unbranched alkanes of at least 4 members (excludes halogenated alkanes) is 2. The Bertz CT molecular complexity index is 941. The van der Waals surface area contributed by atoms with E-state index in [0.29, 0.717) is 50.9 Å². The average molecular weight is 471 g/mol. The fourth-order valence-electron chi connectivity index (χ4n) is 4.00. The standard InChI is InChI=1S/C24H30N4O6/c29-16-17-7-9-18(10-8-17)26-24(34)19-5-4-14-27(19)23(33)15-25-20(30)6-2-1-3-13-28-21(31)11-12-22(28)32/h7-12,19,29H,1-6,13-16H2,(H,25,30)(H,26,34)/t19-/m0/s1. The molecule has 0 bridgehead atoms. The molecule has 1 atom stereocenters. The van der Waals surface area contributed by atoms with E-state index in [4.69, 9.17) is 5.11 Å². The van der Waals surface area contributed by atoms with Gasteiger partial charge < -0.3 is 20.6 Å². The number of nitrogens with one attached hydrogen (secondary N) is 2. The van der Waals surface area contributed by atoms with Crippen molar-refractivity contribution < 1.29 is 29.1 Å². The molecule has 0 aliphatic carbocycles. The van der Waals surface area contributed by atoms with Gasteiger partial charge in [0.1, 0.15) is 6.04 Å². The zero-order valence-electron chi connectivity index (χ0n) is 19.0. The van der Waals surface area contributed by atoms with Gasteiger partial charge in [-0.2, -0.15) is 0 Å². The molecule has 182 valence electrons. The highest BCUT2D eigenvalue weighted by molar-refractivity contribution is 6.12. The molecule has 1 aromatic rings. The van der Waals surface area contributed by atoms with Gasteiger partial charge in [0, 0.05) is 37.3 Å². The third kappa shape index (κ3) is 6.74. The number of carbonyl (C=O) groups excluding carboxylic acids is 5. The van der Waals surface area contributed by atoms with Crippen molar-refractivity contribution in [3.8, 4) is 0 Å². The molecule has 0 spiro atoms. The number of rotatable bonds is 11. The van der Waals surface area contributed by atoms with E-state index >= 15 is 0 Å². The zero-order chi connectivity index (χ0) is 24.5. The fraction of sp³-hybridized carbons (Fsp3) is 0.458. The summed E-state index contributed by atoms with van der Waals surface area (Å²) in [5.74, 6) is -1.46. The van der Waals surface area contributed by atoms with Crippen molar-refractivity contribution in [2.24, 2.45) is 0 Å². The molecule has 0 saturated carbocycles. The lowest BCUT2D eigenvalue weighted by atomic mass is 10.1. The van der Waals surface area contributed by atoms with E-state index in [0.717, 1.165) is 5.56 Å². The highest BCUT2D eigenvalue weighted by Gasteiger charge is 2.34. The molecular formula is C24H30N4O6. The summed E-state index contributed by atoms with van der Waals surface area (Å²) in [5, 5.41) is 14.5. The predicted octanol–water partition coefficient (Wildman–Crippen LogP) is 0.710. The van der Waals surface area contributed by atoms with Gasteiger partial charge in [0.25, 0.3) is 11.8 Å². The number of amides is 5. The topological polar surface area (TPSA) is 136 Å². The van der Waals surface area contributed by atoms with Gasteiger partial charge in [0.05, 0.1) is 13.2 Å². The summed E-state index contributed by atoms with van der Waals surface area (Å²) in [7, 11) is 0. The molecule has 0 aromatic heterocycles. The zero-order valence-corrected chi connectivity index (χ0v) is 19.0. The summed E-state index contributed by atoms with van der Waals surface area (Å²) in [4.78, 5) is 63.0. The molecule has 2 aliphatic rings. The Balaban J connectivity index is 1.35. The molecule has 0 unspecified atom stereocenters. The van der Waals surface area contributed by atoms with E-state index in [-0.39, 0.29) is 49.1 Å². The van der Waals surface area contributed by atoms with Gasteiger partial charge in [-0.25, -0.2) is 0 Å². The van der Waals surface area contributed by atoms with E-state index in [1.54, 1.807) is 24.3 Å². The van der Waals surface area contributed by atoms with Crippen LogP contribution in [-0.4, -0.2) is 70.1 Å². The van der Waals surface area contributed by atoms with Gasteiger partial charge in [-0.15, -0.1) is 0 Å². The highest BCUT2D eigenvalue weighted by Crippen LogP contribution is 2.20. The van der Waals surface area contributed by atoms with Crippen LogP contribution in [0.2, 0.25) is 0 Å². The summed E-state index contributed by atoms with van der Waals surface area (Å²) in [6, 6.07) is 6.23. The van der Waals surface area contributed by atoms with Gasteiger partial charge in [0.15, 0.2) is 0 Å². The van der Waals surface area contributed by atoms with Gasteiger partial charge in [-0.1, -0.05) is 18.6 Å². The Labute approximate surface area is 198 Å². The van der Waals surface area contributed by atoms with Crippen LogP contribution >= 0.6 is 0 Å². The van der Waals surface area contributed by atoms with Gasteiger partial charge in [0.2, 0.25) is 17.7 Å². The van der Waals surface area contributed by atoms with Crippen LogP contribution in [-0.2, 0) is 30.6 Å². The molecule has 1 saturated heterocycles. The van der Waals surface area contributed by atoms with Crippen LogP contribution in [0.5, 0.6) is 0 Å². The smallest absolute Gasteiger partial charge is 0.253 e. The lowest BCUT2D eigenvalue weighted by molar-refractivity contribution is -0.137. The van der Waals surface area contributed by atoms with Crippen LogP contribution in [0.25, 0.3) is 0 Å². The van der Waals surface area contributed by atoms with Crippen LogP contribution < -0.4 is 10.6 Å². The van der Waals surface area contributed by atoms with E-state index < -0.39 is 6.04 Å². The number of hydrogen-bond acceptors (Lipinski definition) is 6. The molecule has 3 rings (SSSR count). The normalized spacial score (nSPS) is 17.4. The van der Waals surface area contributed by atoms with Crippen molar-refractivity contribution in [1.29, 1.82) is 0 Å². The minimum absolute atomic E-state index is 0.0802. The SMILES string of the molecule is O=C(CCCCCN1C(=O)C=CC1=O)NCC(=O)N1CCC[C@H]1C(=O)Nc1ccc(CO)cc1. The maximum absolute atomic E-state index is 12.7. The minimum atomic E-state index is -0.590. The monoisotopic (exact) mass is 470 g/mol. The number of hydrogen-bond donors (Lipinski definition) is 3. The van der Waals surface area contributed by atoms with Crippen molar-refractivity contribution in [1.82, 2.24) is 15.1 Å². The summed E-state index contributed by atoms with van der Waals surface area (Å²) in [6.45, 7) is 0.535. The van der Waals surface area contributed by atoms with Crippen LogP contribution in [0.15, 0.2) is 36.4 Å². The average Bonchev–Trinajstić information content (AvgIpc) is 3.45. The van der Waals surface area contributed by atoms with Crippen molar-refractivity contribution >= 4 is 35.2 Å². The van der Waals surface area contributed by atoms with Crippen LogP contribution in [0.4, 0.5) is 5.69 Å². The highest BCUT2D eigenvalue weighted by atomic mass is 16.3. The molecule has 1 fully saturated rings. The van der Waals surface area contributed by atoms with Crippen molar-refractivity contribution in [3.63, 3.8) is 0 Å². The first kappa shape index (κ1) is 25.1. The number of nitrogens with zero attached hydrogens (tertiary/aromatic N) is 2. The summed E-state index contributed by atoms with van der Waals surface area (Å²) >= 11 is 0. The summed E-state index contributed by atoms with van der Waals surface area (Å²) in [6.07, 6.45) is 5.85. The second kappa shape index (κ2) is 12.1. The lowest BCUT2D eigenvalue weighted by Gasteiger charge is -2.24. The minimum Gasteiger partial charge on any atom is -0.392 e. The second-order valence-corrected chi connectivity index (χ2v) is 8.34. The number of aliphatic hydroxyl groups excluding tert-OH is 1. The third-order valence-electron chi connectivity index (χ3n) is 5.90. The van der Waals surface area contributed by atoms with Crippen molar-refractivity contribution in [3.05, 3.63) is 42.0 Å². The summed E-state index contributed by atoms with van der Waals surface area (Å²) in [5.41, 5.74) is 1.32. The number of anilines is 1. The first-order valence-corrected chi connectivity index (χ1v) is 11.5. The predicted molar refractivity (Wildman–Crippen MR) is 123 cm³/mol. The van der Waals surface area contributed by atoms with Crippen molar-refractivity contribution in [2.75, 3.05) is 25.0 Å². The number of aliphatic hydroxyl groups is 1. The first-order valence-electron chi connectivity index (χ1n) is 11.5. The van der Waals surface area contributed by atoms with Crippen molar-refractivity contribution in [2.45, 2.75) is 51.2 Å². The first-order chi connectivity index (χ1) is 16.4. The molecule has 10 nitrogen and oxygen atoms in total. The molecule has 1 aromatic carbocycles. The van der Waals surface area contributed by atoms with E-state index in [9.17, 15) is 24.0 Å². The molecule has 2 heterocycles. The molecule has 0 radical (unpaired) electrons. The molecule has 3 N–H and O–H groups in total. The van der Waals surface area contributed by atoms with Gasteiger partial charge in [-0.05, 0) is 43.4 Å².